The topological polar surface area (TPSA) is 0 Å². The number of halogens is 1. The fourth-order valence-corrected chi connectivity index (χ4v) is 1.50. The summed E-state index contributed by atoms with van der Waals surface area (Å²) in [6.45, 7) is 4.49. The van der Waals surface area contributed by atoms with Crippen molar-refractivity contribution in [3.8, 4) is 0 Å². The van der Waals surface area contributed by atoms with Crippen molar-refractivity contribution in [2.75, 3.05) is 0 Å². The third-order valence-electron chi connectivity index (χ3n) is 1.53. The molecule has 0 radical (unpaired) electrons. The molecule has 0 aromatic heterocycles. The fourth-order valence-electron chi connectivity index (χ4n) is 0.910. The molecule has 0 N–H and O–H groups in total. The van der Waals surface area contributed by atoms with Gasteiger partial charge in [-0.15, -0.1) is 0 Å². The molecule has 0 saturated heterocycles. The fraction of sp³-hybridized carbons (Fsp3) is 0.750. The van der Waals surface area contributed by atoms with Crippen LogP contribution in [0, 0.1) is 5.92 Å². The first-order chi connectivity index (χ1) is 4.35. The molecule has 1 unspecified atom stereocenters. The molecule has 0 bridgehead atoms. The zero-order valence-corrected chi connectivity index (χ0v) is 8.39. The number of hydrogen-bond donors (Lipinski definition) is 0. The van der Waals surface area contributed by atoms with Gasteiger partial charge in [-0.05, 0) is 22.8 Å². The van der Waals surface area contributed by atoms with Crippen molar-refractivity contribution >= 4 is 22.6 Å². The molecule has 0 aliphatic carbocycles. The predicted octanol–water partition coefficient (Wildman–Crippen LogP) is 3.76. The molecule has 0 rings (SSSR count). The first kappa shape index (κ1) is 9.47. The lowest BCUT2D eigenvalue weighted by Gasteiger charge is -2.05. The van der Waals surface area contributed by atoms with Gasteiger partial charge in [-0.2, -0.15) is 0 Å². The summed E-state index contributed by atoms with van der Waals surface area (Å²) in [6, 6.07) is 0. The lowest BCUT2D eigenvalue weighted by molar-refractivity contribution is 0.564. The van der Waals surface area contributed by atoms with E-state index in [1.54, 1.807) is 0 Å². The Morgan fingerprint density at radius 2 is 2.11 bits per heavy atom. The second kappa shape index (κ2) is 6.59. The van der Waals surface area contributed by atoms with Crippen LogP contribution in [-0.4, -0.2) is 0 Å². The van der Waals surface area contributed by atoms with Crippen LogP contribution in [0.4, 0.5) is 0 Å². The summed E-state index contributed by atoms with van der Waals surface area (Å²) in [7, 11) is 0. The van der Waals surface area contributed by atoms with E-state index in [4.69, 9.17) is 0 Å². The van der Waals surface area contributed by atoms with Gasteiger partial charge in [0.2, 0.25) is 0 Å². The minimum atomic E-state index is 0.826. The van der Waals surface area contributed by atoms with Gasteiger partial charge in [0.25, 0.3) is 0 Å². The van der Waals surface area contributed by atoms with E-state index in [-0.39, 0.29) is 0 Å². The molecular weight excluding hydrogens is 223 g/mol. The number of allylic oxidation sites excluding steroid dienone is 1. The van der Waals surface area contributed by atoms with Crippen molar-refractivity contribution in [3.63, 3.8) is 0 Å². The van der Waals surface area contributed by atoms with Crippen molar-refractivity contribution in [2.45, 2.75) is 33.1 Å². The van der Waals surface area contributed by atoms with Crippen LogP contribution in [0.15, 0.2) is 10.2 Å². The zero-order valence-electron chi connectivity index (χ0n) is 6.23. The molecule has 9 heavy (non-hydrogen) atoms. The van der Waals surface area contributed by atoms with Crippen molar-refractivity contribution < 1.29 is 0 Å². The molecule has 1 heteroatoms. The van der Waals surface area contributed by atoms with E-state index in [2.05, 4.69) is 46.6 Å². The maximum Gasteiger partial charge on any atom is -0.0229 e. The molecule has 0 heterocycles. The summed E-state index contributed by atoms with van der Waals surface area (Å²) in [6.07, 6.45) is 6.23. The average Bonchev–Trinajstić information content (AvgIpc) is 1.88. The molecule has 0 aromatic rings. The van der Waals surface area contributed by atoms with Crippen LogP contribution in [0.1, 0.15) is 33.1 Å². The molecule has 0 aromatic carbocycles. The maximum absolute atomic E-state index is 2.30. The van der Waals surface area contributed by atoms with Crippen LogP contribution in [0.2, 0.25) is 0 Å². The highest BCUT2D eigenvalue weighted by Crippen LogP contribution is 2.12. The third kappa shape index (κ3) is 4.94. The van der Waals surface area contributed by atoms with Gasteiger partial charge in [0, 0.05) is 0 Å². The van der Waals surface area contributed by atoms with Crippen LogP contribution in [0.25, 0.3) is 0 Å². The first-order valence-corrected chi connectivity index (χ1v) is 4.86. The normalized spacial score (nSPS) is 14.6. The van der Waals surface area contributed by atoms with Gasteiger partial charge in [-0.25, -0.2) is 0 Å². The summed E-state index contributed by atoms with van der Waals surface area (Å²) in [5.41, 5.74) is 0. The lowest BCUT2D eigenvalue weighted by Crippen LogP contribution is -1.91. The molecule has 1 atom stereocenters. The van der Waals surface area contributed by atoms with E-state index in [0.29, 0.717) is 0 Å². The number of hydrogen-bond acceptors (Lipinski definition) is 0. The molecule has 0 spiro atoms. The Morgan fingerprint density at radius 1 is 1.44 bits per heavy atom. The second-order valence-electron chi connectivity index (χ2n) is 2.28. The van der Waals surface area contributed by atoms with Gasteiger partial charge in [0.1, 0.15) is 0 Å². The van der Waals surface area contributed by atoms with Crippen LogP contribution in [0.3, 0.4) is 0 Å². The van der Waals surface area contributed by atoms with Gasteiger partial charge < -0.3 is 0 Å². The Hall–Kier alpha value is 0.470. The third-order valence-corrected chi connectivity index (χ3v) is 1.94. The largest absolute Gasteiger partial charge is 0.0753 e. The second-order valence-corrected chi connectivity index (χ2v) is 2.99. The number of rotatable bonds is 4. The van der Waals surface area contributed by atoms with E-state index in [1.165, 1.54) is 19.3 Å². The van der Waals surface area contributed by atoms with Gasteiger partial charge in [-0.1, -0.05) is 48.9 Å². The van der Waals surface area contributed by atoms with E-state index < -0.39 is 0 Å². The van der Waals surface area contributed by atoms with Crippen molar-refractivity contribution in [1.29, 1.82) is 0 Å². The smallest absolute Gasteiger partial charge is 0.0229 e. The van der Waals surface area contributed by atoms with Crippen LogP contribution >= 0.6 is 22.6 Å². The van der Waals surface area contributed by atoms with Crippen molar-refractivity contribution in [3.05, 3.63) is 10.2 Å². The van der Waals surface area contributed by atoms with Gasteiger partial charge in [0.05, 0.1) is 0 Å². The minimum Gasteiger partial charge on any atom is -0.0753 e. The van der Waals surface area contributed by atoms with Gasteiger partial charge in [0.15, 0.2) is 0 Å². The molecule has 0 saturated carbocycles. The first-order valence-electron chi connectivity index (χ1n) is 3.62. The van der Waals surface area contributed by atoms with E-state index in [9.17, 15) is 0 Å². The summed E-state index contributed by atoms with van der Waals surface area (Å²) in [5.74, 6) is 0.826. The highest BCUT2D eigenvalue weighted by atomic mass is 127. The Balaban J connectivity index is 3.41. The van der Waals surface area contributed by atoms with Crippen molar-refractivity contribution in [2.24, 2.45) is 5.92 Å². The molecule has 0 nitrogen and oxygen atoms in total. The molecule has 0 aliphatic heterocycles. The molecule has 0 amide bonds. The van der Waals surface area contributed by atoms with Crippen LogP contribution in [0.5, 0.6) is 0 Å². The van der Waals surface area contributed by atoms with Gasteiger partial charge in [-0.3, -0.25) is 0 Å². The maximum atomic E-state index is 2.30. The minimum absolute atomic E-state index is 0.826. The summed E-state index contributed by atoms with van der Waals surface area (Å²) >= 11 is 2.29. The highest BCUT2D eigenvalue weighted by molar-refractivity contribution is 14.1. The summed E-state index contributed by atoms with van der Waals surface area (Å²) in [5, 5.41) is 0. The summed E-state index contributed by atoms with van der Waals surface area (Å²) < 4.78 is 2.13. The Labute approximate surface area is 71.9 Å². The highest BCUT2D eigenvalue weighted by Gasteiger charge is 1.97. The van der Waals surface area contributed by atoms with Crippen LogP contribution in [-0.2, 0) is 0 Å². The lowest BCUT2D eigenvalue weighted by atomic mass is 10.0. The predicted molar refractivity (Wildman–Crippen MR) is 51.8 cm³/mol. The van der Waals surface area contributed by atoms with Gasteiger partial charge >= 0.3 is 0 Å². The molecule has 0 fully saturated rings. The molecular formula is C8H15I. The van der Waals surface area contributed by atoms with Crippen molar-refractivity contribution in [1.82, 2.24) is 0 Å². The van der Waals surface area contributed by atoms with Crippen LogP contribution < -0.4 is 0 Å². The zero-order chi connectivity index (χ0) is 7.11. The quantitative estimate of drug-likeness (QED) is 0.654. The Kier molecular flexibility index (Phi) is 6.93. The molecule has 0 aliphatic rings. The average molecular weight is 238 g/mol. The Morgan fingerprint density at radius 3 is 2.44 bits per heavy atom. The SMILES string of the molecule is CCCC(C=CI)CC. The van der Waals surface area contributed by atoms with E-state index in [1.807, 2.05) is 0 Å². The standard InChI is InChI=1S/C8H15I/c1-3-5-8(4-2)6-7-9/h6-8H,3-5H2,1-2H3. The van der Waals surface area contributed by atoms with E-state index >= 15 is 0 Å². The van der Waals surface area contributed by atoms with E-state index in [0.717, 1.165) is 5.92 Å². The monoisotopic (exact) mass is 238 g/mol. The summed E-state index contributed by atoms with van der Waals surface area (Å²) in [4.78, 5) is 0. The Bertz CT molecular complexity index is 76.6. The molecule has 54 valence electrons.